The zero-order chi connectivity index (χ0) is 23.6. The lowest BCUT2D eigenvalue weighted by Gasteiger charge is -2.44. The minimum Gasteiger partial charge on any atom is -0.497 e. The van der Waals surface area contributed by atoms with E-state index < -0.39 is 22.6 Å². The van der Waals surface area contributed by atoms with Crippen LogP contribution in [-0.2, 0) is 6.18 Å². The fraction of sp³-hybridized carbons (Fsp3) is 0.391. The van der Waals surface area contributed by atoms with E-state index in [1.807, 2.05) is 4.90 Å². The number of hydrogen-bond acceptors (Lipinski definition) is 4. The Morgan fingerprint density at radius 2 is 1.70 bits per heavy atom. The molecule has 0 unspecified atom stereocenters. The second-order valence-corrected chi connectivity index (χ2v) is 9.40. The molecule has 0 saturated carbocycles. The van der Waals surface area contributed by atoms with Gasteiger partial charge >= 0.3 is 12.2 Å². The maximum Gasteiger partial charge on any atom is 0.418 e. The number of urea groups is 1. The highest BCUT2D eigenvalue weighted by molar-refractivity contribution is 8.00. The Bertz CT molecular complexity index is 1020. The number of carbonyl (C=O) groups is 2. The maximum absolute atomic E-state index is 13.2. The average molecular weight is 480 g/mol. The van der Waals surface area contributed by atoms with Gasteiger partial charge in [0, 0.05) is 31.0 Å². The molecule has 0 aliphatic carbocycles. The minimum atomic E-state index is -4.56. The number of anilines is 1. The molecule has 2 aromatic carbocycles. The number of halogens is 3. The fourth-order valence-corrected chi connectivity index (χ4v) is 5.75. The predicted molar refractivity (Wildman–Crippen MR) is 120 cm³/mol. The van der Waals surface area contributed by atoms with E-state index >= 15 is 0 Å². The number of thioether (sulfide) groups is 1. The first-order chi connectivity index (χ1) is 15.7. The summed E-state index contributed by atoms with van der Waals surface area (Å²) in [6.07, 6.45) is -3.46. The van der Waals surface area contributed by atoms with Gasteiger partial charge in [0.05, 0.1) is 23.2 Å². The Kier molecular flexibility index (Phi) is 6.47. The number of alkyl halides is 3. The van der Waals surface area contributed by atoms with Crippen molar-refractivity contribution < 1.29 is 27.5 Å². The van der Waals surface area contributed by atoms with Crippen LogP contribution in [0, 0.1) is 0 Å². The quantitative estimate of drug-likeness (QED) is 0.679. The standard InChI is InChI=1S/C23H24F3N3O3S/c1-32-17-8-6-16(7-9-17)20(30)29-14-15-33-22(29)10-12-28(13-11-22)21(31)27-19-5-3-2-4-18(19)23(24,25)26/h2-9H,10-15H2,1H3,(H,27,31). The molecule has 176 valence electrons. The highest BCUT2D eigenvalue weighted by atomic mass is 32.2. The van der Waals surface area contributed by atoms with Gasteiger partial charge < -0.3 is 19.9 Å². The number of methoxy groups -OCH3 is 1. The van der Waals surface area contributed by atoms with E-state index in [0.717, 1.165) is 11.8 Å². The summed E-state index contributed by atoms with van der Waals surface area (Å²) in [5.41, 5.74) is -0.571. The van der Waals surface area contributed by atoms with E-state index in [1.54, 1.807) is 43.1 Å². The van der Waals surface area contributed by atoms with Gasteiger partial charge in [0.15, 0.2) is 0 Å². The zero-order valence-electron chi connectivity index (χ0n) is 18.0. The third-order valence-electron chi connectivity index (χ3n) is 6.07. The van der Waals surface area contributed by atoms with E-state index in [2.05, 4.69) is 5.32 Å². The van der Waals surface area contributed by atoms with Crippen LogP contribution in [0.5, 0.6) is 5.75 Å². The average Bonchev–Trinajstić information content (AvgIpc) is 3.21. The molecule has 0 aromatic heterocycles. The van der Waals surface area contributed by atoms with Crippen molar-refractivity contribution in [2.75, 3.05) is 37.8 Å². The summed E-state index contributed by atoms with van der Waals surface area (Å²) in [4.78, 5) is 28.8. The first-order valence-corrected chi connectivity index (χ1v) is 11.5. The number of hydrogen-bond donors (Lipinski definition) is 1. The number of ether oxygens (including phenoxy) is 1. The van der Waals surface area contributed by atoms with Gasteiger partial charge in [-0.15, -0.1) is 11.8 Å². The maximum atomic E-state index is 13.2. The van der Waals surface area contributed by atoms with E-state index in [9.17, 15) is 22.8 Å². The highest BCUT2D eigenvalue weighted by Crippen LogP contribution is 2.44. The van der Waals surface area contributed by atoms with Crippen LogP contribution in [-0.4, -0.2) is 59.1 Å². The number of carbonyl (C=O) groups excluding carboxylic acids is 2. The molecule has 4 rings (SSSR count). The monoisotopic (exact) mass is 479 g/mol. The molecular formula is C23H24F3N3O3S. The largest absolute Gasteiger partial charge is 0.497 e. The number of para-hydroxylation sites is 1. The van der Waals surface area contributed by atoms with E-state index in [1.165, 1.54) is 23.1 Å². The molecule has 0 atom stereocenters. The first kappa shape index (κ1) is 23.3. The molecular weight excluding hydrogens is 455 g/mol. The summed E-state index contributed by atoms with van der Waals surface area (Å²) >= 11 is 1.70. The van der Waals surface area contributed by atoms with Crippen molar-refractivity contribution in [3.05, 3.63) is 59.7 Å². The molecule has 2 saturated heterocycles. The Morgan fingerprint density at radius 1 is 1.03 bits per heavy atom. The van der Waals surface area contributed by atoms with E-state index in [0.29, 0.717) is 43.8 Å². The Labute approximate surface area is 194 Å². The fourth-order valence-electron chi connectivity index (χ4n) is 4.29. The van der Waals surface area contributed by atoms with Crippen LogP contribution in [0.15, 0.2) is 48.5 Å². The molecule has 33 heavy (non-hydrogen) atoms. The number of piperidine rings is 1. The van der Waals surface area contributed by atoms with Crippen molar-refractivity contribution in [1.29, 1.82) is 0 Å². The van der Waals surface area contributed by atoms with Crippen molar-refractivity contribution >= 4 is 29.4 Å². The summed E-state index contributed by atoms with van der Waals surface area (Å²) in [5.74, 6) is 1.40. The van der Waals surface area contributed by atoms with E-state index in [4.69, 9.17) is 4.74 Å². The first-order valence-electron chi connectivity index (χ1n) is 10.6. The van der Waals surface area contributed by atoms with Crippen molar-refractivity contribution in [1.82, 2.24) is 9.80 Å². The lowest BCUT2D eigenvalue weighted by Crippen LogP contribution is -2.54. The van der Waals surface area contributed by atoms with Crippen LogP contribution < -0.4 is 10.1 Å². The van der Waals surface area contributed by atoms with E-state index in [-0.39, 0.29) is 11.6 Å². The molecule has 10 heteroatoms. The molecule has 0 radical (unpaired) electrons. The second kappa shape index (κ2) is 9.17. The SMILES string of the molecule is COc1ccc(C(=O)N2CCSC23CCN(C(=O)Nc2ccccc2C(F)(F)F)CC3)cc1. The van der Waals surface area contributed by atoms with Gasteiger partial charge in [-0.25, -0.2) is 4.79 Å². The molecule has 1 N–H and O–H groups in total. The smallest absolute Gasteiger partial charge is 0.418 e. The Morgan fingerprint density at radius 3 is 2.33 bits per heavy atom. The van der Waals surface area contributed by atoms with Gasteiger partial charge in [-0.3, -0.25) is 4.79 Å². The van der Waals surface area contributed by atoms with Crippen LogP contribution in [0.3, 0.4) is 0 Å². The number of rotatable bonds is 3. The van der Waals surface area contributed by atoms with Crippen LogP contribution in [0.4, 0.5) is 23.7 Å². The Balaban J connectivity index is 1.42. The van der Waals surface area contributed by atoms with Crippen LogP contribution >= 0.6 is 11.8 Å². The summed E-state index contributed by atoms with van der Waals surface area (Å²) in [7, 11) is 1.56. The summed E-state index contributed by atoms with van der Waals surface area (Å²) in [6, 6.07) is 11.3. The molecule has 2 heterocycles. The molecule has 6 nitrogen and oxygen atoms in total. The van der Waals surface area contributed by atoms with Gasteiger partial charge in [-0.1, -0.05) is 12.1 Å². The number of nitrogens with one attached hydrogen (secondary N) is 1. The van der Waals surface area contributed by atoms with Crippen LogP contribution in [0.25, 0.3) is 0 Å². The van der Waals surface area contributed by atoms with Gasteiger partial charge in [0.25, 0.3) is 5.91 Å². The molecule has 2 aliphatic rings. The third-order valence-corrected chi connectivity index (χ3v) is 7.62. The van der Waals surface area contributed by atoms with Crippen LogP contribution in [0.2, 0.25) is 0 Å². The normalized spacial score (nSPS) is 17.8. The second-order valence-electron chi connectivity index (χ2n) is 7.94. The lowest BCUT2D eigenvalue weighted by molar-refractivity contribution is -0.136. The molecule has 2 aliphatic heterocycles. The number of likely N-dealkylation sites (tertiary alicyclic amines) is 1. The van der Waals surface area contributed by atoms with Gasteiger partial charge in [0.2, 0.25) is 0 Å². The zero-order valence-corrected chi connectivity index (χ0v) is 18.8. The lowest BCUT2D eigenvalue weighted by atomic mass is 10.0. The number of amides is 3. The van der Waals surface area contributed by atoms with Gasteiger partial charge in [-0.05, 0) is 49.2 Å². The molecule has 2 aromatic rings. The number of nitrogens with zero attached hydrogens (tertiary/aromatic N) is 2. The third kappa shape index (κ3) is 4.75. The topological polar surface area (TPSA) is 61.9 Å². The molecule has 0 bridgehead atoms. The highest BCUT2D eigenvalue weighted by Gasteiger charge is 2.47. The minimum absolute atomic E-state index is 0.0698. The summed E-state index contributed by atoms with van der Waals surface area (Å²) in [6.45, 7) is 1.31. The summed E-state index contributed by atoms with van der Waals surface area (Å²) in [5, 5.41) is 2.40. The van der Waals surface area contributed by atoms with Crippen molar-refractivity contribution in [3.63, 3.8) is 0 Å². The van der Waals surface area contributed by atoms with Crippen molar-refractivity contribution in [2.24, 2.45) is 0 Å². The van der Waals surface area contributed by atoms with Crippen molar-refractivity contribution in [3.8, 4) is 5.75 Å². The summed E-state index contributed by atoms with van der Waals surface area (Å²) < 4.78 is 44.8. The predicted octanol–water partition coefficient (Wildman–Crippen LogP) is 4.93. The Hall–Kier alpha value is -2.88. The molecule has 3 amide bonds. The number of benzene rings is 2. The van der Waals surface area contributed by atoms with Gasteiger partial charge in [0.1, 0.15) is 5.75 Å². The van der Waals surface area contributed by atoms with Crippen LogP contribution in [0.1, 0.15) is 28.8 Å². The molecule has 2 fully saturated rings. The molecule has 1 spiro atoms. The van der Waals surface area contributed by atoms with Crippen molar-refractivity contribution in [2.45, 2.75) is 23.9 Å². The van der Waals surface area contributed by atoms with Gasteiger partial charge in [-0.2, -0.15) is 13.2 Å².